The maximum atomic E-state index is 12.0. The van der Waals surface area contributed by atoms with Crippen LogP contribution in [0.1, 0.15) is 11.4 Å². The van der Waals surface area contributed by atoms with Crippen molar-refractivity contribution in [2.45, 2.75) is 17.0 Å². The first-order valence-corrected chi connectivity index (χ1v) is 8.03. The molecule has 1 aromatic rings. The standard InChI is InChI=1S/C12H9N3O3S2/c16-10-8(11-15(10)9(4-20-11)12(17)18)2-6-1-7-3-19-5-14(7)13-6/h1-2,4,11H,3,5H2,(H,17,18)/b8-2+. The van der Waals surface area contributed by atoms with Gasteiger partial charge in [0.2, 0.25) is 0 Å². The summed E-state index contributed by atoms with van der Waals surface area (Å²) in [6, 6.07) is 1.98. The number of thioether (sulfide) groups is 2. The molecule has 1 N–H and O–H groups in total. The molecule has 1 fully saturated rings. The summed E-state index contributed by atoms with van der Waals surface area (Å²) < 4.78 is 1.93. The van der Waals surface area contributed by atoms with Crippen molar-refractivity contribution in [3.05, 3.63) is 34.1 Å². The Bertz CT molecular complexity index is 685. The smallest absolute Gasteiger partial charge is 0.353 e. The molecule has 8 heteroatoms. The van der Waals surface area contributed by atoms with Crippen LogP contribution in [0.2, 0.25) is 0 Å². The normalized spacial score (nSPS) is 25.5. The number of carbonyl (C=O) groups excluding carboxylic acids is 1. The topological polar surface area (TPSA) is 75.4 Å². The molecule has 0 aromatic carbocycles. The summed E-state index contributed by atoms with van der Waals surface area (Å²) in [5.41, 5.74) is 2.61. The van der Waals surface area contributed by atoms with Crippen molar-refractivity contribution in [2.24, 2.45) is 0 Å². The van der Waals surface area contributed by atoms with Crippen LogP contribution in [0.15, 0.2) is 22.7 Å². The predicted octanol–water partition coefficient (Wildman–Crippen LogP) is 1.31. The van der Waals surface area contributed by atoms with Crippen LogP contribution in [-0.4, -0.2) is 37.0 Å². The molecule has 1 amide bonds. The van der Waals surface area contributed by atoms with E-state index in [0.717, 1.165) is 23.0 Å². The third-order valence-corrected chi connectivity index (χ3v) is 5.41. The van der Waals surface area contributed by atoms with Crippen LogP contribution in [0.25, 0.3) is 6.08 Å². The van der Waals surface area contributed by atoms with Gasteiger partial charge in [0.05, 0.1) is 17.1 Å². The molecule has 1 saturated heterocycles. The first-order chi connectivity index (χ1) is 9.65. The highest BCUT2D eigenvalue weighted by molar-refractivity contribution is 8.03. The van der Waals surface area contributed by atoms with Gasteiger partial charge in [0, 0.05) is 16.9 Å². The van der Waals surface area contributed by atoms with E-state index in [1.807, 2.05) is 10.7 Å². The van der Waals surface area contributed by atoms with E-state index in [2.05, 4.69) is 5.10 Å². The van der Waals surface area contributed by atoms with Gasteiger partial charge >= 0.3 is 5.97 Å². The molecular formula is C12H9N3O3S2. The van der Waals surface area contributed by atoms with Crippen LogP contribution in [0.4, 0.5) is 0 Å². The summed E-state index contributed by atoms with van der Waals surface area (Å²) in [5, 5.41) is 14.7. The Morgan fingerprint density at radius 1 is 1.55 bits per heavy atom. The molecule has 3 aliphatic rings. The quantitative estimate of drug-likeness (QED) is 0.656. The van der Waals surface area contributed by atoms with Crippen molar-refractivity contribution < 1.29 is 14.7 Å². The van der Waals surface area contributed by atoms with Crippen molar-refractivity contribution in [2.75, 3.05) is 0 Å². The fraction of sp³-hybridized carbons (Fsp3) is 0.250. The van der Waals surface area contributed by atoms with Gasteiger partial charge in [0.1, 0.15) is 11.1 Å². The molecule has 1 unspecified atom stereocenters. The Balaban J connectivity index is 1.61. The molecular weight excluding hydrogens is 298 g/mol. The summed E-state index contributed by atoms with van der Waals surface area (Å²) in [6.07, 6.45) is 1.77. The summed E-state index contributed by atoms with van der Waals surface area (Å²) in [5.74, 6) is 0.488. The highest BCUT2D eigenvalue weighted by Gasteiger charge is 2.49. The van der Waals surface area contributed by atoms with Crippen molar-refractivity contribution in [1.82, 2.24) is 14.7 Å². The van der Waals surface area contributed by atoms with Crippen LogP contribution in [0.3, 0.4) is 0 Å². The molecule has 0 radical (unpaired) electrons. The number of carboxylic acids is 1. The molecule has 6 nitrogen and oxygen atoms in total. The molecule has 0 spiro atoms. The first-order valence-electron chi connectivity index (χ1n) is 5.94. The molecule has 3 aliphatic heterocycles. The highest BCUT2D eigenvalue weighted by atomic mass is 32.2. The van der Waals surface area contributed by atoms with Gasteiger partial charge in [0.15, 0.2) is 0 Å². The van der Waals surface area contributed by atoms with Gasteiger partial charge in [-0.1, -0.05) is 0 Å². The second kappa shape index (κ2) is 4.16. The molecule has 1 aromatic heterocycles. The lowest BCUT2D eigenvalue weighted by Crippen LogP contribution is -2.51. The lowest BCUT2D eigenvalue weighted by molar-refractivity contribution is -0.141. The number of hydrogen-bond donors (Lipinski definition) is 1. The molecule has 20 heavy (non-hydrogen) atoms. The molecule has 1 atom stereocenters. The monoisotopic (exact) mass is 307 g/mol. The van der Waals surface area contributed by atoms with Gasteiger partial charge in [-0.15, -0.1) is 23.5 Å². The number of nitrogens with zero attached hydrogens (tertiary/aromatic N) is 3. The van der Waals surface area contributed by atoms with Crippen LogP contribution in [0, 0.1) is 0 Å². The van der Waals surface area contributed by atoms with Crippen LogP contribution < -0.4 is 0 Å². The van der Waals surface area contributed by atoms with E-state index in [4.69, 9.17) is 5.11 Å². The Morgan fingerprint density at radius 3 is 3.15 bits per heavy atom. The number of aliphatic carboxylic acids is 1. The number of β-lactam (4-membered cyclic amide) rings is 1. The molecule has 0 aliphatic carbocycles. The maximum absolute atomic E-state index is 12.0. The van der Waals surface area contributed by atoms with Crippen molar-refractivity contribution >= 4 is 41.5 Å². The minimum atomic E-state index is -1.06. The zero-order valence-electron chi connectivity index (χ0n) is 10.1. The summed E-state index contributed by atoms with van der Waals surface area (Å²) in [6.45, 7) is 0. The lowest BCUT2D eigenvalue weighted by atomic mass is 10.0. The summed E-state index contributed by atoms with van der Waals surface area (Å²) in [4.78, 5) is 24.3. The van der Waals surface area contributed by atoms with E-state index in [-0.39, 0.29) is 17.0 Å². The van der Waals surface area contributed by atoms with Crippen molar-refractivity contribution in [3.63, 3.8) is 0 Å². The average Bonchev–Trinajstić information content (AvgIpc) is 3.07. The molecule has 4 rings (SSSR count). The van der Waals surface area contributed by atoms with Crippen LogP contribution in [0.5, 0.6) is 0 Å². The predicted molar refractivity (Wildman–Crippen MR) is 75.4 cm³/mol. The van der Waals surface area contributed by atoms with Gasteiger partial charge in [0.25, 0.3) is 5.91 Å². The minimum Gasteiger partial charge on any atom is -0.477 e. The Morgan fingerprint density at radius 2 is 2.40 bits per heavy atom. The van der Waals surface area contributed by atoms with Gasteiger partial charge in [-0.2, -0.15) is 5.10 Å². The van der Waals surface area contributed by atoms with Gasteiger partial charge in [-0.3, -0.25) is 14.4 Å². The van der Waals surface area contributed by atoms with E-state index in [9.17, 15) is 9.59 Å². The van der Waals surface area contributed by atoms with Crippen LogP contribution in [-0.2, 0) is 21.2 Å². The van der Waals surface area contributed by atoms with E-state index in [1.165, 1.54) is 22.1 Å². The van der Waals surface area contributed by atoms with E-state index in [0.29, 0.717) is 5.57 Å². The Kier molecular flexibility index (Phi) is 2.52. The Labute approximate surface area is 122 Å². The third-order valence-electron chi connectivity index (χ3n) is 3.40. The maximum Gasteiger partial charge on any atom is 0.353 e. The Hall–Kier alpha value is -1.67. The summed E-state index contributed by atoms with van der Waals surface area (Å²) >= 11 is 3.15. The van der Waals surface area contributed by atoms with Gasteiger partial charge in [-0.25, -0.2) is 4.79 Å². The van der Waals surface area contributed by atoms with Crippen LogP contribution >= 0.6 is 23.5 Å². The number of carbonyl (C=O) groups is 2. The molecule has 102 valence electrons. The number of hydrogen-bond acceptors (Lipinski definition) is 5. The molecule has 0 saturated carbocycles. The molecule has 0 bridgehead atoms. The van der Waals surface area contributed by atoms with Gasteiger partial charge in [-0.05, 0) is 12.1 Å². The van der Waals surface area contributed by atoms with Gasteiger partial charge < -0.3 is 5.11 Å². The number of aromatic nitrogens is 2. The largest absolute Gasteiger partial charge is 0.477 e. The average molecular weight is 307 g/mol. The zero-order chi connectivity index (χ0) is 13.9. The third kappa shape index (κ3) is 1.58. The van der Waals surface area contributed by atoms with E-state index in [1.54, 1.807) is 17.8 Å². The SMILES string of the molecule is O=C(O)C1=CSC2/C(=C/c3cc4n(n3)CSC4)C(=O)N12. The first kappa shape index (κ1) is 12.1. The number of rotatable bonds is 2. The number of fused-ring (bicyclic) bond motifs is 2. The van der Waals surface area contributed by atoms with Crippen molar-refractivity contribution in [3.8, 4) is 0 Å². The fourth-order valence-electron chi connectivity index (χ4n) is 2.44. The number of carboxylic acid groups (broad SMARTS) is 1. The second-order valence-electron chi connectivity index (χ2n) is 4.61. The number of amides is 1. The zero-order valence-corrected chi connectivity index (χ0v) is 11.8. The summed E-state index contributed by atoms with van der Waals surface area (Å²) in [7, 11) is 0. The van der Waals surface area contributed by atoms with E-state index >= 15 is 0 Å². The second-order valence-corrected chi connectivity index (χ2v) is 6.52. The highest BCUT2D eigenvalue weighted by Crippen LogP contribution is 2.45. The minimum absolute atomic E-state index is 0.0610. The molecule has 4 heterocycles. The van der Waals surface area contributed by atoms with Crippen molar-refractivity contribution in [1.29, 1.82) is 0 Å². The fourth-order valence-corrected chi connectivity index (χ4v) is 4.49. The lowest BCUT2D eigenvalue weighted by Gasteiger charge is -2.36. The van der Waals surface area contributed by atoms with E-state index < -0.39 is 5.97 Å².